The summed E-state index contributed by atoms with van der Waals surface area (Å²) < 4.78 is 11.1. The number of amides is 3. The van der Waals surface area contributed by atoms with Crippen LogP contribution < -0.4 is 10.6 Å². The Bertz CT molecular complexity index is 1290. The smallest absolute Gasteiger partial charge is 0.408 e. The van der Waals surface area contributed by atoms with E-state index in [2.05, 4.69) is 17.2 Å². The molecule has 2 N–H and O–H groups in total. The molecular weight excluding hydrogens is 570 g/mol. The quantitative estimate of drug-likeness (QED) is 0.208. The molecule has 0 fully saturated rings. The van der Waals surface area contributed by atoms with Gasteiger partial charge in [0.2, 0.25) is 11.8 Å². The van der Waals surface area contributed by atoms with Gasteiger partial charge in [-0.15, -0.1) is 6.58 Å². The summed E-state index contributed by atoms with van der Waals surface area (Å²) in [4.78, 5) is 56.2. The minimum absolute atomic E-state index is 0.00514. The number of carbonyl (C=O) groups excluding carboxylic acids is 4. The van der Waals surface area contributed by atoms with Crippen molar-refractivity contribution < 1.29 is 28.7 Å². The Hall–Kier alpha value is -4.14. The summed E-state index contributed by atoms with van der Waals surface area (Å²) in [5, 5.41) is 5.62. The second-order valence-electron chi connectivity index (χ2n) is 13.7. The van der Waals surface area contributed by atoms with E-state index in [0.29, 0.717) is 12.0 Å². The topological polar surface area (TPSA) is 114 Å². The molecule has 0 aliphatic heterocycles. The number of aryl methyl sites for hydroxylation is 1. The molecule has 2 aromatic carbocycles. The van der Waals surface area contributed by atoms with E-state index in [1.54, 1.807) is 53.7 Å². The summed E-state index contributed by atoms with van der Waals surface area (Å²) in [5.74, 6) is -1.60. The van der Waals surface area contributed by atoms with E-state index in [1.807, 2.05) is 63.2 Å². The fourth-order valence-electron chi connectivity index (χ4n) is 4.69. The highest BCUT2D eigenvalue weighted by Gasteiger charge is 2.38. The van der Waals surface area contributed by atoms with Gasteiger partial charge in [-0.2, -0.15) is 0 Å². The molecule has 9 nitrogen and oxygen atoms in total. The second-order valence-corrected chi connectivity index (χ2v) is 13.7. The van der Waals surface area contributed by atoms with Crippen LogP contribution in [-0.4, -0.2) is 58.6 Å². The van der Waals surface area contributed by atoms with Crippen molar-refractivity contribution in [1.29, 1.82) is 0 Å². The first kappa shape index (κ1) is 37.0. The number of rotatable bonds is 13. The van der Waals surface area contributed by atoms with Gasteiger partial charge in [-0.3, -0.25) is 9.59 Å². The number of hydrogen-bond acceptors (Lipinski definition) is 6. The number of nitrogens with zero attached hydrogens (tertiary/aromatic N) is 1. The third kappa shape index (κ3) is 12.8. The highest BCUT2D eigenvalue weighted by atomic mass is 16.6. The zero-order valence-corrected chi connectivity index (χ0v) is 28.3. The van der Waals surface area contributed by atoms with Crippen molar-refractivity contribution in [3.8, 4) is 0 Å². The summed E-state index contributed by atoms with van der Waals surface area (Å²) in [7, 11) is 0. The van der Waals surface area contributed by atoms with Gasteiger partial charge in [-0.05, 0) is 71.9 Å². The van der Waals surface area contributed by atoms with Crippen LogP contribution in [0, 0.1) is 12.8 Å². The molecule has 0 radical (unpaired) electrons. The number of hydrogen-bond donors (Lipinski definition) is 2. The molecule has 0 heterocycles. The van der Waals surface area contributed by atoms with Crippen LogP contribution in [0.3, 0.4) is 0 Å². The molecule has 0 bridgehead atoms. The summed E-state index contributed by atoms with van der Waals surface area (Å²) in [6.07, 6.45) is 1.29. The molecule has 0 saturated carbocycles. The lowest BCUT2D eigenvalue weighted by Gasteiger charge is -2.35. The zero-order valence-electron chi connectivity index (χ0n) is 28.3. The van der Waals surface area contributed by atoms with Crippen molar-refractivity contribution in [2.75, 3.05) is 6.54 Å². The van der Waals surface area contributed by atoms with Crippen molar-refractivity contribution in [3.63, 3.8) is 0 Å². The second kappa shape index (κ2) is 16.3. The number of carbonyl (C=O) groups is 4. The Kier molecular flexibility index (Phi) is 13.4. The molecule has 9 heteroatoms. The summed E-state index contributed by atoms with van der Waals surface area (Å²) in [6, 6.07) is 13.4. The average Bonchev–Trinajstić information content (AvgIpc) is 2.91. The SMILES string of the molecule is C=CCN(C(=O)C(CC(C)C)NC(=O)OC(C)(C)C)C(C(=O)NC(Cc1ccccc1)C(=O)OC(C)(C)C)c1ccc(C)cc1. The van der Waals surface area contributed by atoms with Crippen LogP contribution in [0.4, 0.5) is 4.79 Å². The molecule has 0 saturated heterocycles. The van der Waals surface area contributed by atoms with E-state index >= 15 is 0 Å². The lowest BCUT2D eigenvalue weighted by Crippen LogP contribution is -2.55. The molecule has 0 aliphatic carbocycles. The third-order valence-corrected chi connectivity index (χ3v) is 6.55. The van der Waals surface area contributed by atoms with E-state index in [4.69, 9.17) is 9.47 Å². The highest BCUT2D eigenvalue weighted by molar-refractivity contribution is 5.94. The zero-order chi connectivity index (χ0) is 33.9. The molecule has 45 heavy (non-hydrogen) atoms. The summed E-state index contributed by atoms with van der Waals surface area (Å²) in [5.41, 5.74) is 0.792. The standard InChI is InChI=1S/C36H51N3O6/c1-11-21-39(32(41)28(22-24(2)3)38-34(43)45-36(8,9)10)30(27-19-17-25(4)18-20-27)31(40)37-29(33(42)44-35(5,6)7)23-26-15-13-12-14-16-26/h11-20,24,28-30H,1,21-23H2,2-10H3,(H,37,40)(H,38,43). The maximum absolute atomic E-state index is 14.3. The molecule has 0 aliphatic rings. The molecule has 3 amide bonds. The normalized spacial score (nSPS) is 13.6. The first-order chi connectivity index (χ1) is 20.9. The Morgan fingerprint density at radius 3 is 1.93 bits per heavy atom. The molecule has 3 unspecified atom stereocenters. The molecular formula is C36H51N3O6. The number of alkyl carbamates (subject to hydrolysis) is 1. The van der Waals surface area contributed by atoms with Gasteiger partial charge >= 0.3 is 12.1 Å². The lowest BCUT2D eigenvalue weighted by molar-refractivity contribution is -0.159. The number of benzene rings is 2. The van der Waals surface area contributed by atoms with Crippen LogP contribution in [0.1, 0.15) is 84.5 Å². The fraction of sp³-hybridized carbons (Fsp3) is 0.500. The van der Waals surface area contributed by atoms with Crippen LogP contribution in [0.25, 0.3) is 0 Å². The molecule has 2 rings (SSSR count). The van der Waals surface area contributed by atoms with Crippen LogP contribution in [0.5, 0.6) is 0 Å². The first-order valence-electron chi connectivity index (χ1n) is 15.4. The van der Waals surface area contributed by atoms with E-state index in [1.165, 1.54) is 11.0 Å². The molecule has 0 aromatic heterocycles. The minimum atomic E-state index is -1.15. The van der Waals surface area contributed by atoms with E-state index in [0.717, 1.165) is 11.1 Å². The van der Waals surface area contributed by atoms with Crippen LogP contribution in [0.15, 0.2) is 67.3 Å². The number of ether oxygens (including phenoxy) is 2. The Morgan fingerprint density at radius 1 is 0.844 bits per heavy atom. The maximum atomic E-state index is 14.3. The van der Waals surface area contributed by atoms with Crippen LogP contribution >= 0.6 is 0 Å². The maximum Gasteiger partial charge on any atom is 0.408 e. The van der Waals surface area contributed by atoms with Gasteiger partial charge in [0.15, 0.2) is 0 Å². The van der Waals surface area contributed by atoms with E-state index in [9.17, 15) is 19.2 Å². The Labute approximate surface area is 268 Å². The van der Waals surface area contributed by atoms with Crippen LogP contribution in [-0.2, 0) is 30.3 Å². The van der Waals surface area contributed by atoms with Crippen molar-refractivity contribution in [2.45, 2.75) is 104 Å². The van der Waals surface area contributed by atoms with Gasteiger partial charge in [-0.25, -0.2) is 9.59 Å². The fourth-order valence-corrected chi connectivity index (χ4v) is 4.69. The van der Waals surface area contributed by atoms with Gasteiger partial charge in [0.25, 0.3) is 0 Å². The van der Waals surface area contributed by atoms with Gasteiger partial charge in [0, 0.05) is 13.0 Å². The molecule has 3 atom stereocenters. The molecule has 0 spiro atoms. The van der Waals surface area contributed by atoms with Crippen LogP contribution in [0.2, 0.25) is 0 Å². The predicted molar refractivity (Wildman–Crippen MR) is 176 cm³/mol. The Morgan fingerprint density at radius 2 is 1.42 bits per heavy atom. The highest BCUT2D eigenvalue weighted by Crippen LogP contribution is 2.25. The van der Waals surface area contributed by atoms with Gasteiger partial charge in [0.05, 0.1) is 0 Å². The number of esters is 1. The van der Waals surface area contributed by atoms with Gasteiger partial charge in [0.1, 0.15) is 29.3 Å². The van der Waals surface area contributed by atoms with Gasteiger partial charge in [-0.1, -0.05) is 80.1 Å². The monoisotopic (exact) mass is 621 g/mol. The average molecular weight is 622 g/mol. The largest absolute Gasteiger partial charge is 0.458 e. The Balaban J connectivity index is 2.57. The summed E-state index contributed by atoms with van der Waals surface area (Å²) >= 11 is 0. The van der Waals surface area contributed by atoms with E-state index < -0.39 is 53.2 Å². The lowest BCUT2D eigenvalue weighted by atomic mass is 9.98. The molecule has 246 valence electrons. The number of nitrogens with one attached hydrogen (secondary N) is 2. The molecule has 2 aromatic rings. The predicted octanol–water partition coefficient (Wildman–Crippen LogP) is 6.06. The minimum Gasteiger partial charge on any atom is -0.458 e. The van der Waals surface area contributed by atoms with Crippen molar-refractivity contribution >= 4 is 23.9 Å². The van der Waals surface area contributed by atoms with Crippen molar-refractivity contribution in [2.24, 2.45) is 5.92 Å². The third-order valence-electron chi connectivity index (χ3n) is 6.55. The van der Waals surface area contributed by atoms with Crippen molar-refractivity contribution in [3.05, 3.63) is 83.9 Å². The summed E-state index contributed by atoms with van der Waals surface area (Å²) in [6.45, 7) is 20.1. The van der Waals surface area contributed by atoms with Crippen molar-refractivity contribution in [1.82, 2.24) is 15.5 Å². The van der Waals surface area contributed by atoms with E-state index in [-0.39, 0.29) is 18.9 Å². The van der Waals surface area contributed by atoms with Gasteiger partial charge < -0.3 is 25.0 Å². The first-order valence-corrected chi connectivity index (χ1v) is 15.4.